The maximum Gasteiger partial charge on any atom is 0.322 e. The zero-order chi connectivity index (χ0) is 18.4. The third-order valence-electron chi connectivity index (χ3n) is 4.22. The topological polar surface area (TPSA) is 98.7 Å². The highest BCUT2D eigenvalue weighted by atomic mass is 16.4. The van der Waals surface area contributed by atoms with Crippen molar-refractivity contribution in [1.82, 2.24) is 10.2 Å². The largest absolute Gasteiger partial charge is 0.480 e. The van der Waals surface area contributed by atoms with Gasteiger partial charge in [0.1, 0.15) is 6.54 Å². The second kappa shape index (κ2) is 8.62. The molecule has 7 nitrogen and oxygen atoms in total. The van der Waals surface area contributed by atoms with Crippen LogP contribution in [0, 0.1) is 13.8 Å². The van der Waals surface area contributed by atoms with E-state index in [1.807, 2.05) is 36.9 Å². The van der Waals surface area contributed by atoms with Crippen molar-refractivity contribution in [1.29, 1.82) is 0 Å². The fourth-order valence-electron chi connectivity index (χ4n) is 2.71. The average molecular weight is 347 g/mol. The summed E-state index contributed by atoms with van der Waals surface area (Å²) in [5, 5.41) is 13.9. The normalized spacial score (nSPS) is 13.6. The maximum absolute atomic E-state index is 12.4. The number of para-hydroxylation sites is 1. The molecule has 0 aliphatic heterocycles. The molecule has 136 valence electrons. The number of amides is 2. The lowest BCUT2D eigenvalue weighted by Gasteiger charge is -2.21. The highest BCUT2D eigenvalue weighted by Crippen LogP contribution is 2.27. The smallest absolute Gasteiger partial charge is 0.322 e. The van der Waals surface area contributed by atoms with E-state index < -0.39 is 5.97 Å². The summed E-state index contributed by atoms with van der Waals surface area (Å²) in [7, 11) is 0. The van der Waals surface area contributed by atoms with Gasteiger partial charge in [-0.25, -0.2) is 0 Å². The SMILES string of the molecule is Cc1cccc(C)c1NC(=O)CN(CCC(=O)NCC(=O)O)C1CC1. The van der Waals surface area contributed by atoms with Crippen LogP contribution in [0.1, 0.15) is 30.4 Å². The highest BCUT2D eigenvalue weighted by Gasteiger charge is 2.30. The number of aliphatic carboxylic acids is 1. The Morgan fingerprint density at radius 3 is 2.36 bits per heavy atom. The predicted octanol–water partition coefficient (Wildman–Crippen LogP) is 1.30. The van der Waals surface area contributed by atoms with Crippen molar-refractivity contribution < 1.29 is 19.5 Å². The Balaban J connectivity index is 1.85. The number of nitrogens with one attached hydrogen (secondary N) is 2. The first-order chi connectivity index (χ1) is 11.9. The molecule has 2 rings (SSSR count). The molecule has 1 aliphatic carbocycles. The van der Waals surface area contributed by atoms with Crippen LogP contribution in [0.4, 0.5) is 5.69 Å². The zero-order valence-corrected chi connectivity index (χ0v) is 14.7. The lowest BCUT2D eigenvalue weighted by Crippen LogP contribution is -2.38. The van der Waals surface area contributed by atoms with Gasteiger partial charge in [0.25, 0.3) is 0 Å². The van der Waals surface area contributed by atoms with E-state index in [0.717, 1.165) is 29.7 Å². The van der Waals surface area contributed by atoms with Gasteiger partial charge in [-0.15, -0.1) is 0 Å². The summed E-state index contributed by atoms with van der Waals surface area (Å²) >= 11 is 0. The summed E-state index contributed by atoms with van der Waals surface area (Å²) in [6, 6.07) is 6.19. The van der Waals surface area contributed by atoms with Gasteiger partial charge in [0.2, 0.25) is 11.8 Å². The highest BCUT2D eigenvalue weighted by molar-refractivity contribution is 5.93. The van der Waals surface area contributed by atoms with E-state index in [9.17, 15) is 14.4 Å². The standard InChI is InChI=1S/C18H25N3O4/c1-12-4-3-5-13(2)18(12)20-16(23)11-21(14-6-7-14)9-8-15(22)19-10-17(24)25/h3-5,14H,6-11H2,1-2H3,(H,19,22)(H,20,23)(H,24,25). The Morgan fingerprint density at radius 2 is 1.80 bits per heavy atom. The Labute approximate surface area is 147 Å². The van der Waals surface area contributed by atoms with E-state index >= 15 is 0 Å². The number of hydrogen-bond donors (Lipinski definition) is 3. The second-order valence-corrected chi connectivity index (χ2v) is 6.44. The molecule has 1 aromatic carbocycles. The lowest BCUT2D eigenvalue weighted by atomic mass is 10.1. The fourth-order valence-corrected chi connectivity index (χ4v) is 2.71. The van der Waals surface area contributed by atoms with Gasteiger partial charge in [0, 0.05) is 24.7 Å². The Morgan fingerprint density at radius 1 is 1.16 bits per heavy atom. The lowest BCUT2D eigenvalue weighted by molar-refractivity contribution is -0.138. The van der Waals surface area contributed by atoms with Crippen LogP contribution in [0.5, 0.6) is 0 Å². The molecule has 0 aromatic heterocycles. The number of carbonyl (C=O) groups excluding carboxylic acids is 2. The van der Waals surface area contributed by atoms with Gasteiger partial charge in [-0.3, -0.25) is 19.3 Å². The predicted molar refractivity (Wildman–Crippen MR) is 94.4 cm³/mol. The molecule has 0 unspecified atom stereocenters. The van der Waals surface area contributed by atoms with Crippen LogP contribution < -0.4 is 10.6 Å². The number of anilines is 1. The number of aryl methyl sites for hydroxylation is 2. The van der Waals surface area contributed by atoms with E-state index in [1.165, 1.54) is 0 Å². The minimum Gasteiger partial charge on any atom is -0.480 e. The van der Waals surface area contributed by atoms with E-state index in [-0.39, 0.29) is 31.3 Å². The van der Waals surface area contributed by atoms with Crippen LogP contribution in [0.2, 0.25) is 0 Å². The summed E-state index contributed by atoms with van der Waals surface area (Å²) in [5.41, 5.74) is 2.86. The maximum atomic E-state index is 12.4. The summed E-state index contributed by atoms with van der Waals surface area (Å²) in [6.07, 6.45) is 2.22. The number of hydrogen-bond acceptors (Lipinski definition) is 4. The first-order valence-electron chi connectivity index (χ1n) is 8.45. The molecule has 0 atom stereocenters. The third kappa shape index (κ3) is 6.19. The van der Waals surface area contributed by atoms with Crippen molar-refractivity contribution in [3.63, 3.8) is 0 Å². The van der Waals surface area contributed by atoms with Gasteiger partial charge in [-0.1, -0.05) is 18.2 Å². The fraction of sp³-hybridized carbons (Fsp3) is 0.500. The minimum absolute atomic E-state index is 0.102. The molecule has 0 radical (unpaired) electrons. The molecule has 0 spiro atoms. The van der Waals surface area contributed by atoms with Crippen molar-refractivity contribution >= 4 is 23.5 Å². The summed E-state index contributed by atoms with van der Waals surface area (Å²) in [4.78, 5) is 36.5. The van der Waals surface area contributed by atoms with Crippen LogP contribution in [0.15, 0.2) is 18.2 Å². The van der Waals surface area contributed by atoms with Gasteiger partial charge in [0.15, 0.2) is 0 Å². The molecule has 1 aliphatic rings. The second-order valence-electron chi connectivity index (χ2n) is 6.44. The molecule has 7 heteroatoms. The number of carbonyl (C=O) groups is 3. The zero-order valence-electron chi connectivity index (χ0n) is 14.7. The Kier molecular flexibility index (Phi) is 6.52. The summed E-state index contributed by atoms with van der Waals surface area (Å²) in [5.74, 6) is -1.49. The number of carboxylic acids is 1. The molecule has 0 saturated heterocycles. The number of nitrogens with zero attached hydrogens (tertiary/aromatic N) is 1. The number of benzene rings is 1. The van der Waals surface area contributed by atoms with Gasteiger partial charge >= 0.3 is 5.97 Å². The van der Waals surface area contributed by atoms with Crippen LogP contribution >= 0.6 is 0 Å². The quantitative estimate of drug-likeness (QED) is 0.625. The molecule has 0 bridgehead atoms. The molecule has 1 aromatic rings. The van der Waals surface area contributed by atoms with E-state index in [4.69, 9.17) is 5.11 Å². The molecule has 25 heavy (non-hydrogen) atoms. The molecule has 2 amide bonds. The number of carboxylic acid groups (broad SMARTS) is 1. The molecular weight excluding hydrogens is 322 g/mol. The first kappa shape index (κ1) is 18.9. The first-order valence-corrected chi connectivity index (χ1v) is 8.45. The van der Waals surface area contributed by atoms with Gasteiger partial charge in [-0.2, -0.15) is 0 Å². The third-order valence-corrected chi connectivity index (χ3v) is 4.22. The van der Waals surface area contributed by atoms with Crippen LogP contribution in [-0.2, 0) is 14.4 Å². The van der Waals surface area contributed by atoms with Crippen LogP contribution in [0.3, 0.4) is 0 Å². The molecule has 3 N–H and O–H groups in total. The summed E-state index contributed by atoms with van der Waals surface area (Å²) in [6.45, 7) is 4.19. The Hall–Kier alpha value is -2.41. The van der Waals surface area contributed by atoms with Crippen molar-refractivity contribution in [2.75, 3.05) is 25.0 Å². The monoisotopic (exact) mass is 347 g/mol. The van der Waals surface area contributed by atoms with Gasteiger partial charge < -0.3 is 15.7 Å². The molecular formula is C18H25N3O4. The van der Waals surface area contributed by atoms with Crippen LogP contribution in [0.25, 0.3) is 0 Å². The van der Waals surface area contributed by atoms with Gasteiger partial charge in [0.05, 0.1) is 6.54 Å². The van der Waals surface area contributed by atoms with Gasteiger partial charge in [-0.05, 0) is 37.8 Å². The van der Waals surface area contributed by atoms with Crippen molar-refractivity contribution in [3.8, 4) is 0 Å². The van der Waals surface area contributed by atoms with E-state index in [2.05, 4.69) is 10.6 Å². The molecule has 1 saturated carbocycles. The van der Waals surface area contributed by atoms with Crippen molar-refractivity contribution in [2.24, 2.45) is 0 Å². The van der Waals surface area contributed by atoms with E-state index in [0.29, 0.717) is 12.6 Å². The Bertz CT molecular complexity index is 635. The van der Waals surface area contributed by atoms with Crippen LogP contribution in [-0.4, -0.2) is 53.5 Å². The minimum atomic E-state index is -1.07. The molecule has 1 fully saturated rings. The average Bonchev–Trinajstić information content (AvgIpc) is 3.38. The van der Waals surface area contributed by atoms with E-state index in [1.54, 1.807) is 0 Å². The van der Waals surface area contributed by atoms with Crippen molar-refractivity contribution in [3.05, 3.63) is 29.3 Å². The number of rotatable bonds is 9. The molecule has 0 heterocycles. The summed E-state index contributed by atoms with van der Waals surface area (Å²) < 4.78 is 0. The van der Waals surface area contributed by atoms with Crippen molar-refractivity contribution in [2.45, 2.75) is 39.2 Å².